The van der Waals surface area contributed by atoms with Crippen molar-refractivity contribution in [1.29, 1.82) is 0 Å². The zero-order chi connectivity index (χ0) is 12.7. The quantitative estimate of drug-likeness (QED) is 0.635. The molecule has 1 aliphatic rings. The summed E-state index contributed by atoms with van der Waals surface area (Å²) in [6.07, 6.45) is 1.04. The number of halogens is 3. The highest BCUT2D eigenvalue weighted by molar-refractivity contribution is 4.80. The van der Waals surface area contributed by atoms with Crippen molar-refractivity contribution in [2.24, 2.45) is 0 Å². The molecule has 0 aromatic carbocycles. The second-order valence-corrected chi connectivity index (χ2v) is 4.83. The van der Waals surface area contributed by atoms with Gasteiger partial charge in [0.2, 0.25) is 0 Å². The maximum absolute atomic E-state index is 12.3. The van der Waals surface area contributed by atoms with Crippen LogP contribution >= 0.6 is 0 Å². The number of hydrogen-bond donors (Lipinski definition) is 1. The van der Waals surface area contributed by atoms with Crippen molar-refractivity contribution in [3.63, 3.8) is 0 Å². The van der Waals surface area contributed by atoms with Crippen molar-refractivity contribution in [1.82, 2.24) is 10.2 Å². The summed E-state index contributed by atoms with van der Waals surface area (Å²) in [6, 6.07) is 0.692. The first kappa shape index (κ1) is 14.8. The van der Waals surface area contributed by atoms with Gasteiger partial charge in [0.1, 0.15) is 0 Å². The van der Waals surface area contributed by atoms with Crippen LogP contribution in [-0.4, -0.2) is 43.3 Å². The lowest BCUT2D eigenvalue weighted by Gasteiger charge is -2.22. The molecule has 2 nitrogen and oxygen atoms in total. The first-order valence-corrected chi connectivity index (χ1v) is 6.54. The van der Waals surface area contributed by atoms with Crippen LogP contribution in [-0.2, 0) is 0 Å². The van der Waals surface area contributed by atoms with Gasteiger partial charge >= 0.3 is 6.18 Å². The summed E-state index contributed by atoms with van der Waals surface area (Å²) >= 11 is 0. The highest BCUT2D eigenvalue weighted by Crippen LogP contribution is 2.19. The van der Waals surface area contributed by atoms with E-state index in [1.165, 1.54) is 17.7 Å². The first-order chi connectivity index (χ1) is 8.01. The van der Waals surface area contributed by atoms with Gasteiger partial charge in [-0.2, -0.15) is 13.2 Å². The van der Waals surface area contributed by atoms with Crippen molar-refractivity contribution in [2.45, 2.75) is 51.2 Å². The highest BCUT2D eigenvalue weighted by Gasteiger charge is 2.30. The van der Waals surface area contributed by atoms with Crippen LogP contribution in [0.2, 0.25) is 0 Å². The molecule has 1 fully saturated rings. The second kappa shape index (κ2) is 7.21. The van der Waals surface area contributed by atoms with Crippen LogP contribution in [0.1, 0.15) is 39.0 Å². The molecule has 0 aromatic rings. The topological polar surface area (TPSA) is 15.3 Å². The van der Waals surface area contributed by atoms with E-state index in [0.29, 0.717) is 19.1 Å². The van der Waals surface area contributed by atoms with E-state index in [-0.39, 0.29) is 0 Å². The summed E-state index contributed by atoms with van der Waals surface area (Å²) in [6.45, 7) is 3.18. The van der Waals surface area contributed by atoms with E-state index >= 15 is 0 Å². The minimum atomic E-state index is -4.07. The summed E-state index contributed by atoms with van der Waals surface area (Å²) < 4.78 is 36.8. The Kier molecular flexibility index (Phi) is 6.27. The van der Waals surface area contributed by atoms with Gasteiger partial charge in [0.05, 0.1) is 6.54 Å². The minimum absolute atomic E-state index is 0.537. The molecule has 102 valence electrons. The Morgan fingerprint density at radius 2 is 1.88 bits per heavy atom. The first-order valence-electron chi connectivity index (χ1n) is 6.54. The molecule has 0 unspecified atom stereocenters. The van der Waals surface area contributed by atoms with Gasteiger partial charge in [-0.25, -0.2) is 0 Å². The van der Waals surface area contributed by atoms with Crippen LogP contribution < -0.4 is 5.32 Å². The molecule has 0 atom stereocenters. The van der Waals surface area contributed by atoms with Crippen molar-refractivity contribution in [3.05, 3.63) is 0 Å². The maximum atomic E-state index is 12.3. The number of nitrogens with zero attached hydrogens (tertiary/aromatic N) is 1. The van der Waals surface area contributed by atoms with Gasteiger partial charge in [-0.3, -0.25) is 4.90 Å². The van der Waals surface area contributed by atoms with Gasteiger partial charge in [-0.15, -0.1) is 0 Å². The fraction of sp³-hybridized carbons (Fsp3) is 1.00. The molecule has 0 aromatic heterocycles. The van der Waals surface area contributed by atoms with Crippen LogP contribution in [0.15, 0.2) is 0 Å². The van der Waals surface area contributed by atoms with Crippen molar-refractivity contribution >= 4 is 0 Å². The Morgan fingerprint density at radius 3 is 2.41 bits per heavy atom. The van der Waals surface area contributed by atoms with Crippen LogP contribution in [0.3, 0.4) is 0 Å². The van der Waals surface area contributed by atoms with Crippen LogP contribution in [0, 0.1) is 0 Å². The number of rotatable bonds is 9. The molecule has 1 saturated carbocycles. The van der Waals surface area contributed by atoms with Crippen LogP contribution in [0.25, 0.3) is 0 Å². The Morgan fingerprint density at radius 1 is 1.18 bits per heavy atom. The smallest absolute Gasteiger partial charge is 0.314 e. The van der Waals surface area contributed by atoms with Gasteiger partial charge in [-0.05, 0) is 51.7 Å². The molecular formula is C12H23F3N2. The number of unbranched alkanes of at least 4 members (excludes halogenated alkanes) is 1. The Bertz CT molecular complexity index is 202. The third kappa shape index (κ3) is 8.44. The molecule has 1 rings (SSSR count). The lowest BCUT2D eigenvalue weighted by atomic mass is 10.2. The molecule has 0 spiro atoms. The summed E-state index contributed by atoms with van der Waals surface area (Å²) in [5.74, 6) is 0. The molecule has 1 N–H and O–H groups in total. The normalized spacial score (nSPS) is 16.8. The fourth-order valence-electron chi connectivity index (χ4n) is 1.89. The van der Waals surface area contributed by atoms with Crippen LogP contribution in [0.5, 0.6) is 0 Å². The molecule has 1 aliphatic carbocycles. The number of nitrogens with one attached hydrogen (secondary N) is 1. The van der Waals surface area contributed by atoms with E-state index in [1.807, 2.05) is 6.92 Å². The van der Waals surface area contributed by atoms with E-state index in [2.05, 4.69) is 5.32 Å². The lowest BCUT2D eigenvalue weighted by Crippen LogP contribution is -2.35. The molecule has 0 radical (unpaired) electrons. The fourth-order valence-corrected chi connectivity index (χ4v) is 1.89. The zero-order valence-electron chi connectivity index (χ0n) is 10.5. The standard InChI is InChI=1S/C12H23F3N2/c1-2-8-17(10-12(13,14)15)9-4-3-7-16-11-5-6-11/h11,16H,2-10H2,1H3. The Hall–Kier alpha value is -0.290. The number of alkyl halides is 3. The summed E-state index contributed by atoms with van der Waals surface area (Å²) in [5, 5.41) is 3.37. The molecular weight excluding hydrogens is 229 g/mol. The third-order valence-corrected chi connectivity index (χ3v) is 2.85. The van der Waals surface area contributed by atoms with Gasteiger partial charge in [0.15, 0.2) is 0 Å². The molecule has 17 heavy (non-hydrogen) atoms. The van der Waals surface area contributed by atoms with Gasteiger partial charge in [-0.1, -0.05) is 6.92 Å². The summed E-state index contributed by atoms with van der Waals surface area (Å²) in [7, 11) is 0. The minimum Gasteiger partial charge on any atom is -0.314 e. The summed E-state index contributed by atoms with van der Waals surface area (Å²) in [4.78, 5) is 1.51. The van der Waals surface area contributed by atoms with E-state index in [9.17, 15) is 13.2 Å². The zero-order valence-corrected chi connectivity index (χ0v) is 10.5. The second-order valence-electron chi connectivity index (χ2n) is 4.83. The van der Waals surface area contributed by atoms with Crippen molar-refractivity contribution in [2.75, 3.05) is 26.2 Å². The lowest BCUT2D eigenvalue weighted by molar-refractivity contribution is -0.146. The average molecular weight is 252 g/mol. The Balaban J connectivity index is 2.05. The maximum Gasteiger partial charge on any atom is 0.401 e. The van der Waals surface area contributed by atoms with Crippen molar-refractivity contribution in [3.8, 4) is 0 Å². The third-order valence-electron chi connectivity index (χ3n) is 2.85. The molecule has 0 amide bonds. The van der Waals surface area contributed by atoms with E-state index in [1.54, 1.807) is 0 Å². The van der Waals surface area contributed by atoms with Gasteiger partial charge < -0.3 is 5.32 Å². The van der Waals surface area contributed by atoms with E-state index < -0.39 is 12.7 Å². The molecule has 5 heteroatoms. The predicted octanol–water partition coefficient (Wildman–Crippen LogP) is 2.79. The molecule has 0 saturated heterocycles. The van der Waals surface area contributed by atoms with Gasteiger partial charge in [0.25, 0.3) is 0 Å². The molecule has 0 heterocycles. The summed E-state index contributed by atoms with van der Waals surface area (Å²) in [5.41, 5.74) is 0. The van der Waals surface area contributed by atoms with Crippen molar-refractivity contribution < 1.29 is 13.2 Å². The number of hydrogen-bond acceptors (Lipinski definition) is 2. The average Bonchev–Trinajstić information content (AvgIpc) is 2.99. The van der Waals surface area contributed by atoms with Gasteiger partial charge in [0, 0.05) is 6.04 Å². The Labute approximate surface area is 102 Å². The highest BCUT2D eigenvalue weighted by atomic mass is 19.4. The predicted molar refractivity (Wildman–Crippen MR) is 63.0 cm³/mol. The SMILES string of the molecule is CCCN(CCCCNC1CC1)CC(F)(F)F. The van der Waals surface area contributed by atoms with Crippen LogP contribution in [0.4, 0.5) is 13.2 Å². The molecule has 0 aliphatic heterocycles. The van der Waals surface area contributed by atoms with E-state index in [0.717, 1.165) is 25.8 Å². The van der Waals surface area contributed by atoms with E-state index in [4.69, 9.17) is 0 Å². The monoisotopic (exact) mass is 252 g/mol. The largest absolute Gasteiger partial charge is 0.401 e. The molecule has 0 bridgehead atoms.